The van der Waals surface area contributed by atoms with Gasteiger partial charge in [-0.15, -0.1) is 0 Å². The van der Waals surface area contributed by atoms with Crippen LogP contribution in [0.5, 0.6) is 0 Å². The Hall–Kier alpha value is -2.36. The third kappa shape index (κ3) is 2.36. The first-order valence-corrected chi connectivity index (χ1v) is 9.65. The number of ether oxygens (including phenoxy) is 2. The Morgan fingerprint density at radius 3 is 2.04 bits per heavy atom. The molecule has 0 radical (unpaired) electrons. The zero-order valence-corrected chi connectivity index (χ0v) is 18.4. The monoisotopic (exact) mass is 382 g/mol. The molecule has 0 aromatic heterocycles. The van der Waals surface area contributed by atoms with E-state index in [0.29, 0.717) is 11.1 Å². The molecule has 0 amide bonds. The van der Waals surface area contributed by atoms with Crippen molar-refractivity contribution >= 4 is 11.9 Å². The lowest BCUT2D eigenvalue weighted by atomic mass is 9.67. The normalized spacial score (nSPS) is 26.8. The molecule has 0 saturated heterocycles. The van der Waals surface area contributed by atoms with Crippen molar-refractivity contribution in [3.05, 3.63) is 56.7 Å². The highest BCUT2D eigenvalue weighted by Gasteiger charge is 2.62. The second-order valence-electron chi connectivity index (χ2n) is 9.04. The molecule has 0 saturated carbocycles. The molecule has 4 heteroatoms. The summed E-state index contributed by atoms with van der Waals surface area (Å²) in [5.74, 6) is -1.18. The number of allylic oxidation sites excluding steroid dienone is 8. The predicted octanol–water partition coefficient (Wildman–Crippen LogP) is 4.84. The van der Waals surface area contributed by atoms with E-state index in [1.54, 1.807) is 0 Å². The second kappa shape index (κ2) is 6.33. The van der Waals surface area contributed by atoms with Crippen LogP contribution in [0.4, 0.5) is 0 Å². The molecule has 3 aliphatic rings. The third-order valence-corrected chi connectivity index (χ3v) is 6.63. The van der Waals surface area contributed by atoms with Gasteiger partial charge in [0.15, 0.2) is 0 Å². The van der Waals surface area contributed by atoms with Gasteiger partial charge in [0.1, 0.15) is 0 Å². The number of carbonyl (C=O) groups excluding carboxylic acids is 2. The summed E-state index contributed by atoms with van der Waals surface area (Å²) >= 11 is 0. The lowest BCUT2D eigenvalue weighted by Gasteiger charge is -2.34. The van der Waals surface area contributed by atoms with E-state index in [0.717, 1.165) is 27.9 Å². The summed E-state index contributed by atoms with van der Waals surface area (Å²) in [6.45, 7) is 14.8. The second-order valence-corrected chi connectivity index (χ2v) is 9.04. The molecule has 3 aliphatic carbocycles. The van der Waals surface area contributed by atoms with Crippen LogP contribution in [0, 0.1) is 16.7 Å². The van der Waals surface area contributed by atoms with Gasteiger partial charge in [-0.25, -0.2) is 9.59 Å². The SMILES string of the molecule is COC(=O)C1=C(C(=O)OC)C23C(C)=CC(C(C)(C)C)=CC(C)=C2C1C(C)=C3C. The quantitative estimate of drug-likeness (QED) is 0.506. The first kappa shape index (κ1) is 20.4. The van der Waals surface area contributed by atoms with Gasteiger partial charge < -0.3 is 9.47 Å². The summed E-state index contributed by atoms with van der Waals surface area (Å²) in [5, 5.41) is 0. The fourth-order valence-electron chi connectivity index (χ4n) is 5.23. The Morgan fingerprint density at radius 1 is 0.964 bits per heavy atom. The topological polar surface area (TPSA) is 52.6 Å². The van der Waals surface area contributed by atoms with E-state index < -0.39 is 17.4 Å². The molecule has 2 atom stereocenters. The Bertz CT molecular complexity index is 944. The van der Waals surface area contributed by atoms with Crippen molar-refractivity contribution in [2.45, 2.75) is 48.5 Å². The van der Waals surface area contributed by atoms with Gasteiger partial charge in [0.2, 0.25) is 0 Å². The van der Waals surface area contributed by atoms with E-state index in [9.17, 15) is 9.59 Å². The van der Waals surface area contributed by atoms with E-state index in [1.807, 2.05) is 0 Å². The molecule has 4 nitrogen and oxygen atoms in total. The highest BCUT2D eigenvalue weighted by atomic mass is 16.5. The fraction of sp³-hybridized carbons (Fsp3) is 0.500. The van der Waals surface area contributed by atoms with Crippen LogP contribution in [0.1, 0.15) is 48.5 Å². The van der Waals surface area contributed by atoms with Crippen LogP contribution in [0.3, 0.4) is 0 Å². The van der Waals surface area contributed by atoms with Crippen molar-refractivity contribution in [3.63, 3.8) is 0 Å². The molecule has 0 fully saturated rings. The average molecular weight is 383 g/mol. The summed E-state index contributed by atoms with van der Waals surface area (Å²) in [6, 6.07) is 0. The van der Waals surface area contributed by atoms with E-state index >= 15 is 0 Å². The van der Waals surface area contributed by atoms with E-state index in [4.69, 9.17) is 9.47 Å². The molecular weight excluding hydrogens is 352 g/mol. The summed E-state index contributed by atoms with van der Waals surface area (Å²) in [7, 11) is 2.72. The number of hydrogen-bond acceptors (Lipinski definition) is 4. The van der Waals surface area contributed by atoms with Crippen molar-refractivity contribution in [2.75, 3.05) is 14.2 Å². The highest BCUT2D eigenvalue weighted by molar-refractivity contribution is 6.08. The molecule has 150 valence electrons. The molecule has 0 aromatic rings. The number of hydrogen-bond donors (Lipinski definition) is 0. The van der Waals surface area contributed by atoms with Gasteiger partial charge >= 0.3 is 11.9 Å². The van der Waals surface area contributed by atoms with Crippen LogP contribution < -0.4 is 0 Å². The van der Waals surface area contributed by atoms with Gasteiger partial charge in [0.05, 0.1) is 30.8 Å². The zero-order chi connectivity index (χ0) is 21.2. The van der Waals surface area contributed by atoms with Crippen LogP contribution in [0.2, 0.25) is 0 Å². The highest BCUT2D eigenvalue weighted by Crippen LogP contribution is 2.68. The first-order valence-electron chi connectivity index (χ1n) is 9.65. The minimum Gasteiger partial charge on any atom is -0.466 e. The maximum absolute atomic E-state index is 13.0. The molecule has 2 unspecified atom stereocenters. The van der Waals surface area contributed by atoms with Crippen molar-refractivity contribution in [1.82, 2.24) is 0 Å². The van der Waals surface area contributed by atoms with E-state index in [1.165, 1.54) is 19.8 Å². The van der Waals surface area contributed by atoms with Crippen LogP contribution in [0.15, 0.2) is 56.7 Å². The predicted molar refractivity (Wildman–Crippen MR) is 109 cm³/mol. The molecule has 2 bridgehead atoms. The van der Waals surface area contributed by atoms with Gasteiger partial charge in [-0.3, -0.25) is 0 Å². The summed E-state index contributed by atoms with van der Waals surface area (Å²) in [5.41, 5.74) is 6.73. The Kier molecular flexibility index (Phi) is 4.61. The third-order valence-electron chi connectivity index (χ3n) is 6.63. The smallest absolute Gasteiger partial charge is 0.335 e. The van der Waals surface area contributed by atoms with Crippen LogP contribution in [0.25, 0.3) is 0 Å². The van der Waals surface area contributed by atoms with Gasteiger partial charge in [0, 0.05) is 5.92 Å². The van der Waals surface area contributed by atoms with E-state index in [-0.39, 0.29) is 11.3 Å². The molecule has 3 rings (SSSR count). The van der Waals surface area contributed by atoms with Crippen LogP contribution >= 0.6 is 0 Å². The Morgan fingerprint density at radius 2 is 1.54 bits per heavy atom. The lowest BCUT2D eigenvalue weighted by Crippen LogP contribution is -2.31. The molecule has 28 heavy (non-hydrogen) atoms. The van der Waals surface area contributed by atoms with Crippen molar-refractivity contribution < 1.29 is 19.1 Å². The van der Waals surface area contributed by atoms with Crippen molar-refractivity contribution in [3.8, 4) is 0 Å². The number of esters is 2. The van der Waals surface area contributed by atoms with Gasteiger partial charge in [-0.1, -0.05) is 49.6 Å². The maximum atomic E-state index is 13.0. The molecule has 0 aromatic carbocycles. The molecular formula is C24H30O4. The zero-order valence-electron chi connectivity index (χ0n) is 18.4. The summed E-state index contributed by atoms with van der Waals surface area (Å²) in [4.78, 5) is 25.8. The van der Waals surface area contributed by atoms with Gasteiger partial charge in [-0.05, 0) is 49.8 Å². The number of carbonyl (C=O) groups is 2. The average Bonchev–Trinajstić information content (AvgIpc) is 3.02. The fourth-order valence-corrected chi connectivity index (χ4v) is 5.23. The van der Waals surface area contributed by atoms with Crippen LogP contribution in [-0.2, 0) is 19.1 Å². The van der Waals surface area contributed by atoms with Gasteiger partial charge in [0.25, 0.3) is 0 Å². The largest absolute Gasteiger partial charge is 0.466 e. The molecule has 0 spiro atoms. The standard InChI is InChI=1S/C24H30O4/c1-12-10-16(23(5,6)7)11-13(2)24-15(4)14(3)17(19(12)24)18(21(25)27-8)20(24)22(26)28-9/h10-11,17H,1-9H3. The Labute approximate surface area is 167 Å². The summed E-state index contributed by atoms with van der Waals surface area (Å²) < 4.78 is 10.3. The lowest BCUT2D eigenvalue weighted by molar-refractivity contribution is -0.139. The molecule has 0 aliphatic heterocycles. The van der Waals surface area contributed by atoms with Crippen molar-refractivity contribution in [1.29, 1.82) is 0 Å². The Balaban J connectivity index is 2.46. The number of methoxy groups -OCH3 is 2. The van der Waals surface area contributed by atoms with Gasteiger partial charge in [-0.2, -0.15) is 0 Å². The molecule has 0 N–H and O–H groups in total. The number of rotatable bonds is 2. The van der Waals surface area contributed by atoms with Crippen LogP contribution in [-0.4, -0.2) is 26.2 Å². The summed E-state index contributed by atoms with van der Waals surface area (Å²) in [6.07, 6.45) is 4.38. The van der Waals surface area contributed by atoms with Crippen molar-refractivity contribution in [2.24, 2.45) is 16.7 Å². The minimum atomic E-state index is -0.737. The maximum Gasteiger partial charge on any atom is 0.335 e. The molecule has 0 heterocycles. The minimum absolute atomic E-state index is 0.0371. The first-order chi connectivity index (χ1) is 12.9. The van der Waals surface area contributed by atoms with E-state index in [2.05, 4.69) is 60.6 Å².